The van der Waals surface area contributed by atoms with E-state index in [1.54, 1.807) is 6.20 Å². The van der Waals surface area contributed by atoms with Crippen molar-refractivity contribution in [2.45, 2.75) is 18.9 Å². The Morgan fingerprint density at radius 3 is 3.07 bits per heavy atom. The molecule has 0 aliphatic carbocycles. The number of hydrogen-bond donors (Lipinski definition) is 1. The molecule has 1 unspecified atom stereocenters. The molecule has 1 N–H and O–H groups in total. The van der Waals surface area contributed by atoms with E-state index < -0.39 is 0 Å². The summed E-state index contributed by atoms with van der Waals surface area (Å²) >= 11 is 0. The van der Waals surface area contributed by atoms with Crippen LogP contribution in [0.3, 0.4) is 0 Å². The summed E-state index contributed by atoms with van der Waals surface area (Å²) in [6.45, 7) is 1.60. The second kappa shape index (κ2) is 4.71. The maximum atomic E-state index is 8.54. The minimum absolute atomic E-state index is 0.280. The van der Waals surface area contributed by atoms with Crippen LogP contribution in [-0.2, 0) is 4.74 Å². The van der Waals surface area contributed by atoms with Gasteiger partial charge in [-0.1, -0.05) is 0 Å². The largest absolute Gasteiger partial charge is 0.376 e. The zero-order valence-electron chi connectivity index (χ0n) is 8.31. The molecule has 1 aliphatic heterocycles. The summed E-state index contributed by atoms with van der Waals surface area (Å²) in [5, 5.41) is 11.7. The summed E-state index contributed by atoms with van der Waals surface area (Å²) in [6, 6.07) is 1.93. The fourth-order valence-corrected chi connectivity index (χ4v) is 1.50. The number of nitriles is 1. The van der Waals surface area contributed by atoms with E-state index >= 15 is 0 Å². The molecule has 15 heavy (non-hydrogen) atoms. The molecule has 0 amide bonds. The summed E-state index contributed by atoms with van der Waals surface area (Å²) in [6.07, 6.45) is 5.52. The number of rotatable bonds is 3. The molecule has 1 aromatic heterocycles. The molecule has 2 rings (SSSR count). The van der Waals surface area contributed by atoms with Gasteiger partial charge in [0.25, 0.3) is 0 Å². The first-order chi connectivity index (χ1) is 7.38. The number of aromatic nitrogens is 2. The van der Waals surface area contributed by atoms with Crippen molar-refractivity contribution in [3.05, 3.63) is 18.1 Å². The normalized spacial score (nSPS) is 19.8. The summed E-state index contributed by atoms with van der Waals surface area (Å²) < 4.78 is 5.46. The van der Waals surface area contributed by atoms with Crippen molar-refractivity contribution in [2.75, 3.05) is 18.5 Å². The van der Waals surface area contributed by atoms with Crippen molar-refractivity contribution in [2.24, 2.45) is 0 Å². The van der Waals surface area contributed by atoms with Crippen molar-refractivity contribution < 1.29 is 4.74 Å². The SMILES string of the molecule is N#Cc1cnc(NCC2CCCO2)cn1. The molecule has 1 aromatic rings. The van der Waals surface area contributed by atoms with E-state index in [1.807, 2.05) is 6.07 Å². The van der Waals surface area contributed by atoms with Crippen LogP contribution in [0.1, 0.15) is 18.5 Å². The lowest BCUT2D eigenvalue weighted by molar-refractivity contribution is 0.120. The minimum Gasteiger partial charge on any atom is -0.376 e. The first kappa shape index (κ1) is 9.87. The van der Waals surface area contributed by atoms with E-state index in [4.69, 9.17) is 10.00 Å². The summed E-state index contributed by atoms with van der Waals surface area (Å²) in [5.74, 6) is 0.685. The Bertz CT molecular complexity index is 351. The molecule has 1 aliphatic rings. The van der Waals surface area contributed by atoms with Gasteiger partial charge in [0.05, 0.1) is 18.5 Å². The van der Waals surface area contributed by atoms with E-state index in [-0.39, 0.29) is 6.10 Å². The van der Waals surface area contributed by atoms with Crippen LogP contribution in [-0.4, -0.2) is 29.2 Å². The van der Waals surface area contributed by atoms with E-state index in [9.17, 15) is 0 Å². The van der Waals surface area contributed by atoms with E-state index in [0.29, 0.717) is 11.5 Å². The smallest absolute Gasteiger partial charge is 0.158 e. The average Bonchev–Trinajstić information content (AvgIpc) is 2.80. The van der Waals surface area contributed by atoms with E-state index in [2.05, 4.69) is 15.3 Å². The number of nitrogens with zero attached hydrogens (tertiary/aromatic N) is 3. The van der Waals surface area contributed by atoms with Gasteiger partial charge in [0.15, 0.2) is 5.69 Å². The molecular formula is C10H12N4O. The lowest BCUT2D eigenvalue weighted by Crippen LogP contribution is -2.19. The van der Waals surface area contributed by atoms with Crippen LogP contribution in [0.25, 0.3) is 0 Å². The average molecular weight is 204 g/mol. The zero-order valence-corrected chi connectivity index (χ0v) is 8.31. The van der Waals surface area contributed by atoms with Crippen LogP contribution in [0.4, 0.5) is 5.82 Å². The van der Waals surface area contributed by atoms with Gasteiger partial charge in [-0.05, 0) is 12.8 Å². The quantitative estimate of drug-likeness (QED) is 0.793. The molecule has 2 heterocycles. The first-order valence-electron chi connectivity index (χ1n) is 4.96. The van der Waals surface area contributed by atoms with Crippen LogP contribution in [0.15, 0.2) is 12.4 Å². The van der Waals surface area contributed by atoms with Crippen molar-refractivity contribution >= 4 is 5.82 Å². The Labute approximate surface area is 88.1 Å². The summed E-state index contributed by atoms with van der Waals surface area (Å²) in [4.78, 5) is 7.97. The fourth-order valence-electron chi connectivity index (χ4n) is 1.50. The maximum Gasteiger partial charge on any atom is 0.158 e. The van der Waals surface area contributed by atoms with Crippen molar-refractivity contribution in [1.82, 2.24) is 9.97 Å². The van der Waals surface area contributed by atoms with Gasteiger partial charge in [0.1, 0.15) is 11.9 Å². The van der Waals surface area contributed by atoms with Crippen LogP contribution in [0.2, 0.25) is 0 Å². The Hall–Kier alpha value is -1.67. The monoisotopic (exact) mass is 204 g/mol. The fraction of sp³-hybridized carbons (Fsp3) is 0.500. The third-order valence-corrected chi connectivity index (χ3v) is 2.30. The molecule has 0 saturated carbocycles. The molecule has 1 atom stereocenters. The Morgan fingerprint density at radius 1 is 1.53 bits per heavy atom. The van der Waals surface area contributed by atoms with E-state index in [1.165, 1.54) is 6.20 Å². The Morgan fingerprint density at radius 2 is 2.47 bits per heavy atom. The second-order valence-corrected chi connectivity index (χ2v) is 3.41. The second-order valence-electron chi connectivity index (χ2n) is 3.41. The van der Waals surface area contributed by atoms with Gasteiger partial charge in [0.2, 0.25) is 0 Å². The van der Waals surface area contributed by atoms with Gasteiger partial charge in [-0.15, -0.1) is 0 Å². The molecule has 0 aromatic carbocycles. The first-order valence-corrected chi connectivity index (χ1v) is 4.96. The van der Waals surface area contributed by atoms with Crippen molar-refractivity contribution in [3.63, 3.8) is 0 Å². The lowest BCUT2D eigenvalue weighted by Gasteiger charge is -2.10. The topological polar surface area (TPSA) is 70.8 Å². The Kier molecular flexibility index (Phi) is 3.10. The standard InChI is InChI=1S/C10H12N4O/c11-4-8-5-13-10(7-12-8)14-6-9-2-1-3-15-9/h5,7,9H,1-3,6H2,(H,13,14). The van der Waals surface area contributed by atoms with E-state index in [0.717, 1.165) is 26.0 Å². The zero-order chi connectivity index (χ0) is 10.5. The maximum absolute atomic E-state index is 8.54. The molecule has 5 heteroatoms. The lowest BCUT2D eigenvalue weighted by atomic mass is 10.2. The van der Waals surface area contributed by atoms with Crippen LogP contribution < -0.4 is 5.32 Å². The highest BCUT2D eigenvalue weighted by Gasteiger charge is 2.14. The van der Waals surface area contributed by atoms with Crippen LogP contribution in [0.5, 0.6) is 0 Å². The minimum atomic E-state index is 0.280. The van der Waals surface area contributed by atoms with Gasteiger partial charge in [-0.3, -0.25) is 0 Å². The molecule has 78 valence electrons. The third kappa shape index (κ3) is 2.64. The molecular weight excluding hydrogens is 192 g/mol. The predicted molar refractivity (Wildman–Crippen MR) is 54.2 cm³/mol. The van der Waals surface area contributed by atoms with Crippen LogP contribution >= 0.6 is 0 Å². The van der Waals surface area contributed by atoms with Gasteiger partial charge in [-0.2, -0.15) is 5.26 Å². The summed E-state index contributed by atoms with van der Waals surface area (Å²) in [5.41, 5.74) is 0.331. The highest BCUT2D eigenvalue weighted by molar-refractivity contribution is 5.33. The molecule has 1 fully saturated rings. The van der Waals surface area contributed by atoms with Gasteiger partial charge >= 0.3 is 0 Å². The van der Waals surface area contributed by atoms with Crippen LogP contribution in [0, 0.1) is 11.3 Å². The molecule has 0 radical (unpaired) electrons. The molecule has 0 bridgehead atoms. The molecule has 1 saturated heterocycles. The van der Waals surface area contributed by atoms with Crippen molar-refractivity contribution in [1.29, 1.82) is 5.26 Å². The highest BCUT2D eigenvalue weighted by Crippen LogP contribution is 2.12. The molecule has 5 nitrogen and oxygen atoms in total. The van der Waals surface area contributed by atoms with Gasteiger partial charge in [0, 0.05) is 13.2 Å². The van der Waals surface area contributed by atoms with Gasteiger partial charge in [-0.25, -0.2) is 9.97 Å². The predicted octanol–water partition coefficient (Wildman–Crippen LogP) is 0.939. The number of anilines is 1. The Balaban J connectivity index is 1.85. The summed E-state index contributed by atoms with van der Waals surface area (Å²) in [7, 11) is 0. The number of hydrogen-bond acceptors (Lipinski definition) is 5. The van der Waals surface area contributed by atoms with Gasteiger partial charge < -0.3 is 10.1 Å². The highest BCUT2D eigenvalue weighted by atomic mass is 16.5. The third-order valence-electron chi connectivity index (χ3n) is 2.30. The van der Waals surface area contributed by atoms with Crippen molar-refractivity contribution in [3.8, 4) is 6.07 Å². The molecule has 0 spiro atoms. The number of nitrogens with one attached hydrogen (secondary N) is 1. The number of ether oxygens (including phenoxy) is 1.